The lowest BCUT2D eigenvalue weighted by molar-refractivity contribution is 0.122. The van der Waals surface area contributed by atoms with Crippen molar-refractivity contribution in [2.75, 3.05) is 32.6 Å². The summed E-state index contributed by atoms with van der Waals surface area (Å²) in [5.74, 6) is 0.560. The molecule has 0 radical (unpaired) electrons. The number of nitrogens with zero attached hydrogens (tertiary/aromatic N) is 1. The lowest BCUT2D eigenvalue weighted by atomic mass is 10.2. The molecule has 0 bridgehead atoms. The standard InChI is InChI=1S/C12H18FNOS/c1-14(6-7-15-8-9-16)10-11-2-4-12(13)5-3-11/h2-5,16H,6-10H2,1H3. The quantitative estimate of drug-likeness (QED) is 0.582. The van der Waals surface area contributed by atoms with Gasteiger partial charge in [0.1, 0.15) is 5.82 Å². The summed E-state index contributed by atoms with van der Waals surface area (Å²) in [7, 11) is 2.02. The Balaban J connectivity index is 2.23. The van der Waals surface area contributed by atoms with Crippen LogP contribution in [0.4, 0.5) is 4.39 Å². The summed E-state index contributed by atoms with van der Waals surface area (Å²) in [4.78, 5) is 2.14. The zero-order valence-electron chi connectivity index (χ0n) is 9.53. The van der Waals surface area contributed by atoms with Crippen molar-refractivity contribution in [1.29, 1.82) is 0 Å². The van der Waals surface area contributed by atoms with E-state index in [4.69, 9.17) is 4.74 Å². The van der Waals surface area contributed by atoms with Crippen molar-refractivity contribution in [3.05, 3.63) is 35.6 Å². The Bertz CT molecular complexity index is 292. The van der Waals surface area contributed by atoms with Crippen LogP contribution in [0.25, 0.3) is 0 Å². The van der Waals surface area contributed by atoms with Gasteiger partial charge in [-0.1, -0.05) is 12.1 Å². The average molecular weight is 243 g/mol. The Hall–Kier alpha value is -0.580. The topological polar surface area (TPSA) is 12.5 Å². The van der Waals surface area contributed by atoms with Crippen LogP contribution in [0, 0.1) is 5.82 Å². The predicted octanol–water partition coefficient (Wildman–Crippen LogP) is 2.20. The molecular weight excluding hydrogens is 225 g/mol. The minimum Gasteiger partial charge on any atom is -0.379 e. The maximum absolute atomic E-state index is 12.7. The SMILES string of the molecule is CN(CCOCCS)Cc1ccc(F)cc1. The van der Waals surface area contributed by atoms with Crippen molar-refractivity contribution in [2.45, 2.75) is 6.54 Å². The summed E-state index contributed by atoms with van der Waals surface area (Å²) in [5.41, 5.74) is 1.11. The molecule has 1 aromatic carbocycles. The first-order chi connectivity index (χ1) is 7.72. The number of ether oxygens (including phenoxy) is 1. The minimum atomic E-state index is -0.191. The van der Waals surface area contributed by atoms with Gasteiger partial charge in [0.25, 0.3) is 0 Å². The summed E-state index contributed by atoms with van der Waals surface area (Å²) >= 11 is 4.06. The molecule has 0 N–H and O–H groups in total. The van der Waals surface area contributed by atoms with E-state index in [0.717, 1.165) is 24.4 Å². The van der Waals surface area contributed by atoms with Crippen molar-refractivity contribution >= 4 is 12.6 Å². The van der Waals surface area contributed by atoms with E-state index in [1.807, 2.05) is 7.05 Å². The Morgan fingerprint density at radius 2 is 1.94 bits per heavy atom. The van der Waals surface area contributed by atoms with Crippen molar-refractivity contribution in [2.24, 2.45) is 0 Å². The van der Waals surface area contributed by atoms with Gasteiger partial charge < -0.3 is 4.74 Å². The van der Waals surface area contributed by atoms with Gasteiger partial charge in [-0.25, -0.2) is 4.39 Å². The fourth-order valence-corrected chi connectivity index (χ4v) is 1.50. The highest BCUT2D eigenvalue weighted by Crippen LogP contribution is 2.05. The molecule has 0 atom stereocenters. The maximum atomic E-state index is 12.7. The third-order valence-corrected chi connectivity index (χ3v) is 2.40. The minimum absolute atomic E-state index is 0.191. The largest absolute Gasteiger partial charge is 0.379 e. The van der Waals surface area contributed by atoms with Gasteiger partial charge in [0.05, 0.1) is 13.2 Å². The summed E-state index contributed by atoms with van der Waals surface area (Å²) in [6.45, 7) is 3.07. The van der Waals surface area contributed by atoms with Crippen LogP contribution >= 0.6 is 12.6 Å². The predicted molar refractivity (Wildman–Crippen MR) is 67.4 cm³/mol. The van der Waals surface area contributed by atoms with Gasteiger partial charge in [-0.2, -0.15) is 12.6 Å². The smallest absolute Gasteiger partial charge is 0.123 e. The fourth-order valence-electron chi connectivity index (χ4n) is 1.37. The Labute approximate surface area is 102 Å². The van der Waals surface area contributed by atoms with Gasteiger partial charge >= 0.3 is 0 Å². The molecule has 0 spiro atoms. The summed E-state index contributed by atoms with van der Waals surface area (Å²) < 4.78 is 18.0. The molecular formula is C12H18FNOS. The highest BCUT2D eigenvalue weighted by atomic mass is 32.1. The van der Waals surface area contributed by atoms with E-state index in [-0.39, 0.29) is 5.82 Å². The van der Waals surface area contributed by atoms with Crippen molar-refractivity contribution < 1.29 is 9.13 Å². The van der Waals surface area contributed by atoms with E-state index in [0.29, 0.717) is 13.2 Å². The van der Waals surface area contributed by atoms with Gasteiger partial charge in [-0.15, -0.1) is 0 Å². The molecule has 0 aromatic heterocycles. The zero-order valence-corrected chi connectivity index (χ0v) is 10.4. The summed E-state index contributed by atoms with van der Waals surface area (Å²) in [6, 6.07) is 6.59. The maximum Gasteiger partial charge on any atom is 0.123 e. The Kier molecular flexibility index (Phi) is 6.45. The van der Waals surface area contributed by atoms with Crippen LogP contribution in [-0.2, 0) is 11.3 Å². The molecule has 0 unspecified atom stereocenters. The normalized spacial score (nSPS) is 11.0. The Morgan fingerprint density at radius 1 is 1.25 bits per heavy atom. The first-order valence-corrected chi connectivity index (χ1v) is 5.97. The molecule has 0 amide bonds. The van der Waals surface area contributed by atoms with E-state index in [1.165, 1.54) is 12.1 Å². The third kappa shape index (κ3) is 5.49. The third-order valence-electron chi connectivity index (χ3n) is 2.22. The molecule has 1 aromatic rings. The first kappa shape index (κ1) is 13.5. The highest BCUT2D eigenvalue weighted by Gasteiger charge is 2.00. The van der Waals surface area contributed by atoms with Gasteiger partial charge in [0.15, 0.2) is 0 Å². The van der Waals surface area contributed by atoms with E-state index in [9.17, 15) is 4.39 Å². The fraction of sp³-hybridized carbons (Fsp3) is 0.500. The number of benzene rings is 1. The van der Waals surface area contributed by atoms with Crippen LogP contribution in [0.1, 0.15) is 5.56 Å². The van der Waals surface area contributed by atoms with Gasteiger partial charge in [0.2, 0.25) is 0 Å². The number of halogens is 1. The van der Waals surface area contributed by atoms with E-state index in [1.54, 1.807) is 12.1 Å². The molecule has 0 saturated heterocycles. The van der Waals surface area contributed by atoms with Crippen LogP contribution < -0.4 is 0 Å². The molecule has 0 saturated carbocycles. The van der Waals surface area contributed by atoms with E-state index in [2.05, 4.69) is 17.5 Å². The zero-order chi connectivity index (χ0) is 11.8. The summed E-state index contributed by atoms with van der Waals surface area (Å²) in [6.07, 6.45) is 0. The van der Waals surface area contributed by atoms with Crippen LogP contribution in [0.15, 0.2) is 24.3 Å². The summed E-state index contributed by atoms with van der Waals surface area (Å²) in [5, 5.41) is 0. The lowest BCUT2D eigenvalue weighted by Gasteiger charge is -2.16. The van der Waals surface area contributed by atoms with E-state index >= 15 is 0 Å². The monoisotopic (exact) mass is 243 g/mol. The van der Waals surface area contributed by atoms with Gasteiger partial charge in [-0.05, 0) is 24.7 Å². The molecule has 90 valence electrons. The Morgan fingerprint density at radius 3 is 2.56 bits per heavy atom. The van der Waals surface area contributed by atoms with Crippen molar-refractivity contribution in [3.63, 3.8) is 0 Å². The van der Waals surface area contributed by atoms with Gasteiger partial charge in [0, 0.05) is 18.8 Å². The van der Waals surface area contributed by atoms with Crippen molar-refractivity contribution in [3.8, 4) is 0 Å². The van der Waals surface area contributed by atoms with Crippen molar-refractivity contribution in [1.82, 2.24) is 4.90 Å². The number of hydrogen-bond donors (Lipinski definition) is 1. The molecule has 16 heavy (non-hydrogen) atoms. The molecule has 2 nitrogen and oxygen atoms in total. The molecule has 1 rings (SSSR count). The number of thiol groups is 1. The average Bonchev–Trinajstić information content (AvgIpc) is 2.28. The first-order valence-electron chi connectivity index (χ1n) is 5.34. The second-order valence-electron chi connectivity index (χ2n) is 3.70. The molecule has 4 heteroatoms. The van der Waals surface area contributed by atoms with Gasteiger partial charge in [-0.3, -0.25) is 4.90 Å². The van der Waals surface area contributed by atoms with Crippen LogP contribution in [0.3, 0.4) is 0 Å². The lowest BCUT2D eigenvalue weighted by Crippen LogP contribution is -2.23. The molecule has 0 fully saturated rings. The van der Waals surface area contributed by atoms with Crippen LogP contribution in [-0.4, -0.2) is 37.5 Å². The second kappa shape index (κ2) is 7.65. The van der Waals surface area contributed by atoms with Crippen LogP contribution in [0.2, 0.25) is 0 Å². The number of rotatable bonds is 7. The molecule has 0 aliphatic heterocycles. The highest BCUT2D eigenvalue weighted by molar-refractivity contribution is 7.80. The molecule has 0 aliphatic carbocycles. The van der Waals surface area contributed by atoms with E-state index < -0.39 is 0 Å². The number of hydrogen-bond acceptors (Lipinski definition) is 3. The second-order valence-corrected chi connectivity index (χ2v) is 4.15. The molecule has 0 heterocycles. The molecule has 0 aliphatic rings. The van der Waals surface area contributed by atoms with Crippen LogP contribution in [0.5, 0.6) is 0 Å². The number of likely N-dealkylation sites (N-methyl/N-ethyl adjacent to an activating group) is 1.